The highest BCUT2D eigenvalue weighted by atomic mass is 35.5. The second-order valence-electron chi connectivity index (χ2n) is 4.70. The van der Waals surface area contributed by atoms with Crippen LogP contribution in [0.2, 0.25) is 10.2 Å². The van der Waals surface area contributed by atoms with Crippen LogP contribution in [0.5, 0.6) is 5.88 Å². The lowest BCUT2D eigenvalue weighted by molar-refractivity contribution is 0.197. The fourth-order valence-electron chi connectivity index (χ4n) is 2.01. The smallest absolute Gasteiger partial charge is 0.391 e. The molecule has 0 fully saturated rings. The van der Waals surface area contributed by atoms with Gasteiger partial charge in [-0.3, -0.25) is 0 Å². The van der Waals surface area contributed by atoms with Gasteiger partial charge in [0.15, 0.2) is 5.65 Å². The van der Waals surface area contributed by atoms with Gasteiger partial charge in [-0.2, -0.15) is 14.9 Å². The van der Waals surface area contributed by atoms with Crippen LogP contribution >= 0.6 is 23.2 Å². The number of nitriles is 1. The van der Waals surface area contributed by atoms with Gasteiger partial charge in [-0.15, -0.1) is 0 Å². The number of amides is 1. The molecule has 0 aliphatic carbocycles. The molecule has 3 rings (SSSR count). The molecule has 120 valence electrons. The molecule has 0 radical (unpaired) electrons. The third-order valence-corrected chi connectivity index (χ3v) is 3.48. The summed E-state index contributed by atoms with van der Waals surface area (Å²) in [6.07, 6.45) is 0.614. The van der Waals surface area contributed by atoms with E-state index in [1.54, 1.807) is 18.2 Å². The van der Waals surface area contributed by atoms with Crippen molar-refractivity contribution >= 4 is 34.9 Å². The minimum atomic E-state index is -0.701. The second-order valence-corrected chi connectivity index (χ2v) is 5.52. The SMILES string of the molecule is N#Cc1cnn2c(OC(=O)NCc3cccc(Cl)c3)cc(Cl)nc12. The van der Waals surface area contributed by atoms with Crippen molar-refractivity contribution in [2.75, 3.05) is 0 Å². The first-order valence-electron chi connectivity index (χ1n) is 6.71. The predicted octanol–water partition coefficient (Wildman–Crippen LogP) is 3.20. The molecule has 0 saturated carbocycles. The quantitative estimate of drug-likeness (QED) is 0.723. The van der Waals surface area contributed by atoms with Crippen LogP contribution in [0.25, 0.3) is 5.65 Å². The second kappa shape index (κ2) is 6.74. The van der Waals surface area contributed by atoms with Crippen LogP contribution in [0.15, 0.2) is 36.5 Å². The molecule has 1 aromatic carbocycles. The molecule has 0 bridgehead atoms. The Labute approximate surface area is 146 Å². The Morgan fingerprint density at radius 2 is 2.21 bits per heavy atom. The molecule has 0 aliphatic heterocycles. The highest BCUT2D eigenvalue weighted by molar-refractivity contribution is 6.30. The zero-order chi connectivity index (χ0) is 17.1. The van der Waals surface area contributed by atoms with Crippen molar-refractivity contribution in [3.63, 3.8) is 0 Å². The maximum atomic E-state index is 12.0. The molecular weight excluding hydrogens is 353 g/mol. The number of hydrogen-bond acceptors (Lipinski definition) is 5. The van der Waals surface area contributed by atoms with Gasteiger partial charge in [0, 0.05) is 17.6 Å². The van der Waals surface area contributed by atoms with E-state index in [1.165, 1.54) is 16.8 Å². The molecule has 0 spiro atoms. The van der Waals surface area contributed by atoms with E-state index in [2.05, 4.69) is 15.4 Å². The minimum Gasteiger partial charge on any atom is -0.391 e. The van der Waals surface area contributed by atoms with E-state index in [1.807, 2.05) is 12.1 Å². The number of halogens is 2. The lowest BCUT2D eigenvalue weighted by Crippen LogP contribution is -2.27. The van der Waals surface area contributed by atoms with Gasteiger partial charge in [-0.1, -0.05) is 35.3 Å². The number of carbonyl (C=O) groups excluding carboxylic acids is 1. The molecule has 9 heteroatoms. The topological polar surface area (TPSA) is 92.3 Å². The molecule has 1 N–H and O–H groups in total. The van der Waals surface area contributed by atoms with E-state index in [4.69, 9.17) is 33.2 Å². The van der Waals surface area contributed by atoms with Crippen LogP contribution in [0.1, 0.15) is 11.1 Å². The van der Waals surface area contributed by atoms with E-state index in [0.29, 0.717) is 5.02 Å². The van der Waals surface area contributed by atoms with Gasteiger partial charge in [0.1, 0.15) is 16.8 Å². The van der Waals surface area contributed by atoms with E-state index in [-0.39, 0.29) is 28.8 Å². The Kier molecular flexibility index (Phi) is 4.51. The van der Waals surface area contributed by atoms with E-state index in [0.717, 1.165) is 5.56 Å². The van der Waals surface area contributed by atoms with Gasteiger partial charge in [-0.05, 0) is 17.7 Å². The fourth-order valence-corrected chi connectivity index (χ4v) is 2.40. The zero-order valence-electron chi connectivity index (χ0n) is 12.0. The average Bonchev–Trinajstić information content (AvgIpc) is 2.96. The number of nitrogens with one attached hydrogen (secondary N) is 1. The summed E-state index contributed by atoms with van der Waals surface area (Å²) >= 11 is 11.8. The molecule has 0 saturated heterocycles. The fraction of sp³-hybridized carbons (Fsp3) is 0.0667. The molecule has 24 heavy (non-hydrogen) atoms. The van der Waals surface area contributed by atoms with Crippen LogP contribution in [-0.2, 0) is 6.54 Å². The van der Waals surface area contributed by atoms with Crippen LogP contribution in [0, 0.1) is 11.3 Å². The third kappa shape index (κ3) is 3.40. The van der Waals surface area contributed by atoms with Crippen LogP contribution < -0.4 is 10.1 Å². The largest absolute Gasteiger partial charge is 0.414 e. The van der Waals surface area contributed by atoms with Gasteiger partial charge in [0.2, 0.25) is 5.88 Å². The Hall–Kier alpha value is -2.82. The van der Waals surface area contributed by atoms with Crippen LogP contribution in [0.4, 0.5) is 4.79 Å². The molecule has 3 aromatic rings. The van der Waals surface area contributed by atoms with Gasteiger partial charge in [0.05, 0.1) is 6.20 Å². The van der Waals surface area contributed by atoms with E-state index < -0.39 is 6.09 Å². The normalized spacial score (nSPS) is 10.4. The molecular formula is C15H9Cl2N5O2. The number of aromatic nitrogens is 3. The first-order chi connectivity index (χ1) is 11.6. The Balaban J connectivity index is 1.76. The number of benzene rings is 1. The van der Waals surface area contributed by atoms with Gasteiger partial charge >= 0.3 is 6.09 Å². The van der Waals surface area contributed by atoms with E-state index >= 15 is 0 Å². The van der Waals surface area contributed by atoms with Crippen molar-refractivity contribution in [1.82, 2.24) is 19.9 Å². The summed E-state index contributed by atoms with van der Waals surface area (Å²) in [4.78, 5) is 16.0. The Bertz CT molecular complexity index is 964. The van der Waals surface area contributed by atoms with Gasteiger partial charge < -0.3 is 10.1 Å². The minimum absolute atomic E-state index is 0.0510. The number of hydrogen-bond donors (Lipinski definition) is 1. The summed E-state index contributed by atoms with van der Waals surface area (Å²) in [6, 6.07) is 10.3. The molecule has 0 aliphatic rings. The highest BCUT2D eigenvalue weighted by Crippen LogP contribution is 2.20. The summed E-state index contributed by atoms with van der Waals surface area (Å²) in [5, 5.41) is 16.2. The van der Waals surface area contributed by atoms with Crippen molar-refractivity contribution in [2.45, 2.75) is 6.54 Å². The molecule has 0 atom stereocenters. The maximum absolute atomic E-state index is 12.0. The maximum Gasteiger partial charge on any atom is 0.414 e. The summed E-state index contributed by atoms with van der Waals surface area (Å²) in [7, 11) is 0. The van der Waals surface area contributed by atoms with Crippen molar-refractivity contribution in [3.05, 3.63) is 57.8 Å². The van der Waals surface area contributed by atoms with E-state index in [9.17, 15) is 4.79 Å². The van der Waals surface area contributed by atoms with Crippen LogP contribution in [0.3, 0.4) is 0 Å². The number of nitrogens with zero attached hydrogens (tertiary/aromatic N) is 4. The zero-order valence-corrected chi connectivity index (χ0v) is 13.5. The van der Waals surface area contributed by atoms with Crippen molar-refractivity contribution < 1.29 is 9.53 Å². The van der Waals surface area contributed by atoms with Gasteiger partial charge in [-0.25, -0.2) is 9.78 Å². The van der Waals surface area contributed by atoms with Gasteiger partial charge in [0.25, 0.3) is 0 Å². The summed E-state index contributed by atoms with van der Waals surface area (Å²) < 4.78 is 6.43. The number of rotatable bonds is 3. The lowest BCUT2D eigenvalue weighted by Gasteiger charge is -2.08. The summed E-state index contributed by atoms with van der Waals surface area (Å²) in [5.41, 5.74) is 1.26. The number of ether oxygens (including phenoxy) is 1. The summed E-state index contributed by atoms with van der Waals surface area (Å²) in [6.45, 7) is 0.240. The molecule has 7 nitrogen and oxygen atoms in total. The average molecular weight is 362 g/mol. The molecule has 2 heterocycles. The van der Waals surface area contributed by atoms with Crippen LogP contribution in [-0.4, -0.2) is 20.7 Å². The Morgan fingerprint density at radius 3 is 2.96 bits per heavy atom. The first-order valence-corrected chi connectivity index (χ1v) is 7.47. The molecule has 1 amide bonds. The Morgan fingerprint density at radius 1 is 1.38 bits per heavy atom. The van der Waals surface area contributed by atoms with Crippen molar-refractivity contribution in [3.8, 4) is 11.9 Å². The highest BCUT2D eigenvalue weighted by Gasteiger charge is 2.14. The molecule has 0 unspecified atom stereocenters. The first kappa shape index (κ1) is 16.1. The molecule has 2 aromatic heterocycles. The standard InChI is InChI=1S/C15H9Cl2N5O2/c16-11-3-1-2-9(4-11)7-19-15(23)24-13-5-12(17)21-14-10(6-18)8-20-22(13)14/h1-5,8H,7H2,(H,19,23). The lowest BCUT2D eigenvalue weighted by atomic mass is 10.2. The third-order valence-electron chi connectivity index (χ3n) is 3.05. The van der Waals surface area contributed by atoms with Crippen molar-refractivity contribution in [1.29, 1.82) is 5.26 Å². The van der Waals surface area contributed by atoms with Crippen molar-refractivity contribution in [2.24, 2.45) is 0 Å². The number of fused-ring (bicyclic) bond motifs is 1. The monoisotopic (exact) mass is 361 g/mol. The summed E-state index contributed by atoms with van der Waals surface area (Å²) in [5.74, 6) is 0.0510. The predicted molar refractivity (Wildman–Crippen MR) is 87.0 cm³/mol. The number of carbonyl (C=O) groups is 1.